The fourth-order valence-corrected chi connectivity index (χ4v) is 3.66. The number of benzene rings is 1. The molecule has 0 atom stereocenters. The second-order valence-corrected chi connectivity index (χ2v) is 7.55. The lowest BCUT2D eigenvalue weighted by Gasteiger charge is -2.19. The largest absolute Gasteiger partial charge is 0.492 e. The van der Waals surface area contributed by atoms with E-state index in [0.29, 0.717) is 6.54 Å². The zero-order chi connectivity index (χ0) is 21.1. The van der Waals surface area contributed by atoms with Gasteiger partial charge in [-0.15, -0.1) is 0 Å². The summed E-state index contributed by atoms with van der Waals surface area (Å²) in [7, 11) is 1.31. The van der Waals surface area contributed by atoms with Gasteiger partial charge in [0.25, 0.3) is 5.91 Å². The van der Waals surface area contributed by atoms with Crippen molar-refractivity contribution >= 4 is 17.5 Å². The van der Waals surface area contributed by atoms with Gasteiger partial charge in [0.05, 0.1) is 7.11 Å². The molecule has 0 aliphatic heterocycles. The third kappa shape index (κ3) is 6.28. The first-order valence-electron chi connectivity index (χ1n) is 10.9. The number of unbranched alkanes of at least 4 members (excludes halogenated alkanes) is 9. The average molecular weight is 400 g/mol. The number of nitrogens with one attached hydrogen (secondary N) is 1. The van der Waals surface area contributed by atoms with Crippen molar-refractivity contribution in [2.75, 3.05) is 13.7 Å². The van der Waals surface area contributed by atoms with Crippen molar-refractivity contribution in [3.63, 3.8) is 0 Å². The van der Waals surface area contributed by atoms with E-state index in [-0.39, 0.29) is 22.5 Å². The van der Waals surface area contributed by atoms with E-state index in [1.54, 1.807) is 24.3 Å². The van der Waals surface area contributed by atoms with E-state index < -0.39 is 17.5 Å². The number of amides is 1. The molecule has 0 saturated heterocycles. The maximum atomic E-state index is 12.7. The minimum Gasteiger partial charge on any atom is -0.492 e. The van der Waals surface area contributed by atoms with Gasteiger partial charge in [0.1, 0.15) is 5.57 Å². The molecule has 0 saturated carbocycles. The number of hydrogen-bond donors (Lipinski definition) is 1. The third-order valence-corrected chi connectivity index (χ3v) is 5.32. The number of carbonyl (C=O) groups excluding carboxylic acids is 3. The molecule has 2 rings (SSSR count). The highest BCUT2D eigenvalue weighted by atomic mass is 16.5. The topological polar surface area (TPSA) is 72.5 Å². The normalized spacial score (nSPS) is 13.4. The standard InChI is InChI=1S/C24H33NO4/c1-3-4-5-6-7-8-9-10-11-14-17-25-24(28)20-21(26)18-15-12-13-16-19(18)22(27)23(20)29-2/h12-13,15-16H,3-11,14,17H2,1-2H3,(H,25,28). The molecule has 158 valence electrons. The molecule has 0 heterocycles. The smallest absolute Gasteiger partial charge is 0.259 e. The van der Waals surface area contributed by atoms with Gasteiger partial charge in [0.15, 0.2) is 5.76 Å². The summed E-state index contributed by atoms with van der Waals surface area (Å²) in [5, 5.41) is 2.77. The fraction of sp³-hybridized carbons (Fsp3) is 0.542. The molecular weight excluding hydrogens is 366 g/mol. The lowest BCUT2D eigenvalue weighted by atomic mass is 9.87. The summed E-state index contributed by atoms with van der Waals surface area (Å²) in [6.07, 6.45) is 12.1. The zero-order valence-electron chi connectivity index (χ0n) is 17.7. The lowest BCUT2D eigenvalue weighted by molar-refractivity contribution is -0.117. The molecule has 0 fully saturated rings. The molecule has 1 aliphatic carbocycles. The number of ether oxygens (including phenoxy) is 1. The Morgan fingerprint density at radius 2 is 1.34 bits per heavy atom. The van der Waals surface area contributed by atoms with E-state index in [0.717, 1.165) is 19.3 Å². The molecule has 5 nitrogen and oxygen atoms in total. The SMILES string of the molecule is CCCCCCCCCCCCNC(=O)C1=C(OC)C(=O)c2ccccc2C1=O. The number of carbonyl (C=O) groups is 3. The van der Waals surface area contributed by atoms with Crippen LogP contribution in [0, 0.1) is 0 Å². The first-order chi connectivity index (χ1) is 14.1. The third-order valence-electron chi connectivity index (χ3n) is 5.32. The van der Waals surface area contributed by atoms with Crippen LogP contribution in [-0.2, 0) is 9.53 Å². The summed E-state index contributed by atoms with van der Waals surface area (Å²) in [5.74, 6) is -1.59. The van der Waals surface area contributed by atoms with E-state index in [4.69, 9.17) is 4.74 Å². The molecular formula is C24H33NO4. The second-order valence-electron chi connectivity index (χ2n) is 7.55. The van der Waals surface area contributed by atoms with Gasteiger partial charge < -0.3 is 10.1 Å². The van der Waals surface area contributed by atoms with Gasteiger partial charge in [-0.3, -0.25) is 14.4 Å². The fourth-order valence-electron chi connectivity index (χ4n) is 3.66. The van der Waals surface area contributed by atoms with Gasteiger partial charge in [-0.05, 0) is 6.42 Å². The van der Waals surface area contributed by atoms with Crippen molar-refractivity contribution in [1.82, 2.24) is 5.32 Å². The predicted molar refractivity (Wildman–Crippen MR) is 114 cm³/mol. The van der Waals surface area contributed by atoms with E-state index in [1.807, 2.05) is 0 Å². The molecule has 1 aromatic rings. The van der Waals surface area contributed by atoms with E-state index >= 15 is 0 Å². The van der Waals surface area contributed by atoms with Crippen molar-refractivity contribution < 1.29 is 19.1 Å². The number of ketones is 2. The van der Waals surface area contributed by atoms with Gasteiger partial charge in [0.2, 0.25) is 11.6 Å². The highest BCUT2D eigenvalue weighted by molar-refractivity contribution is 6.35. The minimum atomic E-state index is -0.536. The van der Waals surface area contributed by atoms with Gasteiger partial charge >= 0.3 is 0 Å². The number of fused-ring (bicyclic) bond motifs is 1. The number of allylic oxidation sites excluding steroid dienone is 1. The van der Waals surface area contributed by atoms with E-state index in [2.05, 4.69) is 12.2 Å². The van der Waals surface area contributed by atoms with E-state index in [1.165, 1.54) is 52.1 Å². The van der Waals surface area contributed by atoms with Crippen molar-refractivity contribution in [1.29, 1.82) is 0 Å². The monoisotopic (exact) mass is 399 g/mol. The first-order valence-corrected chi connectivity index (χ1v) is 10.9. The summed E-state index contributed by atoms with van der Waals surface area (Å²) < 4.78 is 5.12. The number of methoxy groups -OCH3 is 1. The summed E-state index contributed by atoms with van der Waals surface area (Å²) in [5.41, 5.74) is 0.339. The molecule has 1 N–H and O–H groups in total. The van der Waals surface area contributed by atoms with Crippen LogP contribution < -0.4 is 5.32 Å². The Hall–Kier alpha value is -2.43. The van der Waals surface area contributed by atoms with Crippen LogP contribution in [0.2, 0.25) is 0 Å². The Kier molecular flexibility index (Phi) is 9.62. The summed E-state index contributed by atoms with van der Waals surface area (Å²) in [6, 6.07) is 6.51. The molecule has 0 unspecified atom stereocenters. The van der Waals surface area contributed by atoms with Gasteiger partial charge in [-0.2, -0.15) is 0 Å². The van der Waals surface area contributed by atoms with Gasteiger partial charge in [-0.1, -0.05) is 89.0 Å². The maximum absolute atomic E-state index is 12.7. The molecule has 1 aromatic carbocycles. The molecule has 29 heavy (non-hydrogen) atoms. The zero-order valence-corrected chi connectivity index (χ0v) is 17.7. The van der Waals surface area contributed by atoms with Crippen molar-refractivity contribution in [2.24, 2.45) is 0 Å². The quantitative estimate of drug-likeness (QED) is 0.374. The first kappa shape index (κ1) is 22.9. The number of hydrogen-bond acceptors (Lipinski definition) is 4. The van der Waals surface area contributed by atoms with Crippen LogP contribution in [0.5, 0.6) is 0 Å². The summed E-state index contributed by atoms with van der Waals surface area (Å²) in [6.45, 7) is 2.71. The summed E-state index contributed by atoms with van der Waals surface area (Å²) in [4.78, 5) is 37.8. The molecule has 0 spiro atoms. The molecule has 0 bridgehead atoms. The van der Waals surface area contributed by atoms with E-state index in [9.17, 15) is 14.4 Å². The van der Waals surface area contributed by atoms with Crippen LogP contribution in [0.25, 0.3) is 0 Å². The molecule has 0 aromatic heterocycles. The number of Topliss-reactive ketones (excluding diaryl/α,β-unsaturated/α-hetero) is 2. The Morgan fingerprint density at radius 1 is 0.828 bits per heavy atom. The predicted octanol–water partition coefficient (Wildman–Crippen LogP) is 5.00. The van der Waals surface area contributed by atoms with Crippen LogP contribution in [0.3, 0.4) is 0 Å². The Balaban J connectivity index is 1.76. The van der Waals surface area contributed by atoms with Crippen LogP contribution in [0.1, 0.15) is 91.8 Å². The van der Waals surface area contributed by atoms with Crippen LogP contribution >= 0.6 is 0 Å². The van der Waals surface area contributed by atoms with Crippen molar-refractivity contribution in [3.8, 4) is 0 Å². The molecule has 1 aliphatic rings. The highest BCUT2D eigenvalue weighted by Gasteiger charge is 2.36. The molecule has 5 heteroatoms. The lowest BCUT2D eigenvalue weighted by Crippen LogP contribution is -2.35. The Labute approximate surface area is 173 Å². The summed E-state index contributed by atoms with van der Waals surface area (Å²) >= 11 is 0. The van der Waals surface area contributed by atoms with Crippen LogP contribution in [0.4, 0.5) is 0 Å². The van der Waals surface area contributed by atoms with Crippen molar-refractivity contribution in [3.05, 3.63) is 46.7 Å². The maximum Gasteiger partial charge on any atom is 0.259 e. The highest BCUT2D eigenvalue weighted by Crippen LogP contribution is 2.26. The van der Waals surface area contributed by atoms with Crippen LogP contribution in [0.15, 0.2) is 35.6 Å². The van der Waals surface area contributed by atoms with Crippen molar-refractivity contribution in [2.45, 2.75) is 71.1 Å². The Morgan fingerprint density at radius 3 is 1.90 bits per heavy atom. The van der Waals surface area contributed by atoms with Gasteiger partial charge in [0, 0.05) is 17.7 Å². The Bertz CT molecular complexity index is 751. The van der Waals surface area contributed by atoms with Crippen LogP contribution in [-0.4, -0.2) is 31.1 Å². The second kappa shape index (κ2) is 12.2. The minimum absolute atomic E-state index is 0.172. The average Bonchev–Trinajstić information content (AvgIpc) is 2.74. The van der Waals surface area contributed by atoms with Gasteiger partial charge in [-0.25, -0.2) is 0 Å². The number of rotatable bonds is 13. The molecule has 0 radical (unpaired) electrons. The molecule has 1 amide bonds.